The average molecular weight is 246 g/mol. The van der Waals surface area contributed by atoms with E-state index in [1.165, 1.54) is 20.8 Å². The maximum atomic E-state index is 10.4. The molecule has 0 aromatic rings. The van der Waals surface area contributed by atoms with Gasteiger partial charge in [-0.1, -0.05) is 6.92 Å². The summed E-state index contributed by atoms with van der Waals surface area (Å²) < 4.78 is 0. The number of carbonyl (C=O) groups is 4. The molecule has 0 saturated carbocycles. The number of aliphatic carboxylic acids is 2. The minimum absolute atomic E-state index is 0.273. The van der Waals surface area contributed by atoms with Crippen molar-refractivity contribution in [1.82, 2.24) is 0 Å². The van der Waals surface area contributed by atoms with E-state index in [0.29, 0.717) is 6.42 Å². The van der Waals surface area contributed by atoms with Crippen LogP contribution in [-0.2, 0) is 19.2 Å². The van der Waals surface area contributed by atoms with Gasteiger partial charge in [-0.25, -0.2) is 0 Å². The fourth-order valence-corrected chi connectivity index (χ4v) is 0.810. The number of hydrogen-bond donors (Lipinski definition) is 2. The fraction of sp³-hybridized carbons (Fsp3) is 0.636. The van der Waals surface area contributed by atoms with Crippen molar-refractivity contribution in [1.29, 1.82) is 0 Å². The molecule has 2 atom stereocenters. The SMILES string of the molecule is CC(=O)C(C)C(=O)O.CCC(C(C)=O)C(=O)O. The van der Waals surface area contributed by atoms with E-state index in [9.17, 15) is 19.2 Å². The summed E-state index contributed by atoms with van der Waals surface area (Å²) in [6, 6.07) is 0. The maximum Gasteiger partial charge on any atom is 0.314 e. The smallest absolute Gasteiger partial charge is 0.314 e. The van der Waals surface area contributed by atoms with E-state index >= 15 is 0 Å². The molecule has 0 heterocycles. The second-order valence-electron chi connectivity index (χ2n) is 3.58. The largest absolute Gasteiger partial charge is 0.481 e. The Balaban J connectivity index is 0. The Labute approximate surface area is 99.6 Å². The molecule has 98 valence electrons. The number of carboxylic acid groups (broad SMARTS) is 2. The lowest BCUT2D eigenvalue weighted by atomic mass is 10.0. The van der Waals surface area contributed by atoms with Gasteiger partial charge >= 0.3 is 11.9 Å². The van der Waals surface area contributed by atoms with Crippen LogP contribution >= 0.6 is 0 Å². The van der Waals surface area contributed by atoms with Gasteiger partial charge in [-0.3, -0.25) is 19.2 Å². The summed E-state index contributed by atoms with van der Waals surface area (Å²) >= 11 is 0. The average Bonchev–Trinajstić information content (AvgIpc) is 2.16. The van der Waals surface area contributed by atoms with Crippen LogP contribution < -0.4 is 0 Å². The van der Waals surface area contributed by atoms with Crippen molar-refractivity contribution in [3.63, 3.8) is 0 Å². The number of rotatable bonds is 5. The molecule has 0 saturated heterocycles. The second kappa shape index (κ2) is 8.43. The van der Waals surface area contributed by atoms with Gasteiger partial charge in [0, 0.05) is 0 Å². The Kier molecular flexibility index (Phi) is 8.77. The van der Waals surface area contributed by atoms with Crippen molar-refractivity contribution in [3.8, 4) is 0 Å². The lowest BCUT2D eigenvalue weighted by molar-refractivity contribution is -0.147. The fourth-order valence-electron chi connectivity index (χ4n) is 0.810. The van der Waals surface area contributed by atoms with Crippen LogP contribution in [0.3, 0.4) is 0 Å². The van der Waals surface area contributed by atoms with E-state index in [0.717, 1.165) is 0 Å². The van der Waals surface area contributed by atoms with E-state index in [2.05, 4.69) is 0 Å². The lowest BCUT2D eigenvalue weighted by Gasteiger charge is -2.01. The molecule has 0 radical (unpaired) electrons. The Morgan fingerprint density at radius 1 is 0.941 bits per heavy atom. The Morgan fingerprint density at radius 3 is 1.35 bits per heavy atom. The molecule has 2 N–H and O–H groups in total. The third-order valence-electron chi connectivity index (χ3n) is 2.18. The molecule has 0 spiro atoms. The Bertz CT molecular complexity index is 279. The Hall–Kier alpha value is -1.72. The topological polar surface area (TPSA) is 109 Å². The van der Waals surface area contributed by atoms with E-state index in [1.807, 2.05) is 0 Å². The standard InChI is InChI=1S/C6H10O3.C5H8O3/c1-3-5(4(2)7)6(8)9;1-3(4(2)6)5(7)8/h5H,3H2,1-2H3,(H,8,9);3H,1-2H3,(H,7,8). The van der Waals surface area contributed by atoms with Crippen LogP contribution in [0, 0.1) is 11.8 Å². The van der Waals surface area contributed by atoms with Gasteiger partial charge in [-0.05, 0) is 27.2 Å². The number of carboxylic acids is 2. The summed E-state index contributed by atoms with van der Waals surface area (Å²) in [5.74, 6) is -4.31. The van der Waals surface area contributed by atoms with Crippen LogP contribution in [0.1, 0.15) is 34.1 Å². The van der Waals surface area contributed by atoms with Crippen molar-refractivity contribution in [2.45, 2.75) is 34.1 Å². The highest BCUT2D eigenvalue weighted by atomic mass is 16.4. The number of carbonyl (C=O) groups excluding carboxylic acids is 2. The van der Waals surface area contributed by atoms with Gasteiger partial charge in [0.1, 0.15) is 23.4 Å². The molecule has 0 amide bonds. The van der Waals surface area contributed by atoms with Gasteiger partial charge in [0.25, 0.3) is 0 Å². The summed E-state index contributed by atoms with van der Waals surface area (Å²) in [5.41, 5.74) is 0. The van der Waals surface area contributed by atoms with Gasteiger partial charge in [0.2, 0.25) is 0 Å². The summed E-state index contributed by atoms with van der Waals surface area (Å²) in [5, 5.41) is 16.5. The summed E-state index contributed by atoms with van der Waals surface area (Å²) in [7, 11) is 0. The Morgan fingerprint density at radius 2 is 1.35 bits per heavy atom. The molecule has 17 heavy (non-hydrogen) atoms. The molecular formula is C11H18O6. The molecule has 0 aliphatic rings. The van der Waals surface area contributed by atoms with Gasteiger partial charge in [0.15, 0.2) is 0 Å². The molecule has 6 nitrogen and oxygen atoms in total. The molecule has 0 aliphatic carbocycles. The van der Waals surface area contributed by atoms with E-state index < -0.39 is 23.8 Å². The highest BCUT2D eigenvalue weighted by molar-refractivity contribution is 5.97. The van der Waals surface area contributed by atoms with Crippen molar-refractivity contribution in [3.05, 3.63) is 0 Å². The first kappa shape index (κ1) is 17.7. The van der Waals surface area contributed by atoms with Gasteiger partial charge in [0.05, 0.1) is 0 Å². The number of hydrogen-bond acceptors (Lipinski definition) is 4. The zero-order valence-electron chi connectivity index (χ0n) is 10.4. The molecule has 0 bridgehead atoms. The zero-order chi connectivity index (χ0) is 14.2. The van der Waals surface area contributed by atoms with Gasteiger partial charge in [-0.2, -0.15) is 0 Å². The predicted molar refractivity (Wildman–Crippen MR) is 59.6 cm³/mol. The molecule has 0 aromatic carbocycles. The summed E-state index contributed by atoms with van der Waals surface area (Å²) in [4.78, 5) is 40.7. The molecule has 6 heteroatoms. The quantitative estimate of drug-likeness (QED) is 0.700. The van der Waals surface area contributed by atoms with Crippen LogP contribution in [0.25, 0.3) is 0 Å². The van der Waals surface area contributed by atoms with Gasteiger partial charge in [-0.15, -0.1) is 0 Å². The summed E-state index contributed by atoms with van der Waals surface area (Å²) in [6.07, 6.45) is 0.380. The molecule has 2 unspecified atom stereocenters. The highest BCUT2D eigenvalue weighted by Gasteiger charge is 2.19. The number of Topliss-reactive ketones (excluding diaryl/α,β-unsaturated/α-hetero) is 2. The summed E-state index contributed by atoms with van der Waals surface area (Å²) in [6.45, 7) is 5.60. The van der Waals surface area contributed by atoms with Crippen LogP contribution in [0.5, 0.6) is 0 Å². The minimum atomic E-state index is -1.06. The van der Waals surface area contributed by atoms with Crippen molar-refractivity contribution in [2.75, 3.05) is 0 Å². The maximum absolute atomic E-state index is 10.4. The van der Waals surface area contributed by atoms with E-state index in [-0.39, 0.29) is 11.6 Å². The van der Waals surface area contributed by atoms with Crippen LogP contribution in [0.4, 0.5) is 0 Å². The normalized spacial score (nSPS) is 12.7. The predicted octanol–water partition coefficient (Wildman–Crippen LogP) is 0.982. The molecular weight excluding hydrogens is 228 g/mol. The third-order valence-corrected chi connectivity index (χ3v) is 2.18. The molecule has 0 rings (SSSR count). The highest BCUT2D eigenvalue weighted by Crippen LogP contribution is 2.02. The van der Waals surface area contributed by atoms with Crippen molar-refractivity contribution >= 4 is 23.5 Å². The number of ketones is 2. The first-order chi connectivity index (χ1) is 7.64. The minimum Gasteiger partial charge on any atom is -0.481 e. The zero-order valence-corrected chi connectivity index (χ0v) is 10.4. The molecule has 0 aliphatic heterocycles. The molecule has 0 fully saturated rings. The third kappa shape index (κ3) is 8.12. The van der Waals surface area contributed by atoms with Crippen molar-refractivity contribution in [2.24, 2.45) is 11.8 Å². The second-order valence-corrected chi connectivity index (χ2v) is 3.58. The van der Waals surface area contributed by atoms with Crippen LogP contribution in [-0.4, -0.2) is 33.7 Å². The molecule has 0 aromatic heterocycles. The van der Waals surface area contributed by atoms with E-state index in [4.69, 9.17) is 10.2 Å². The van der Waals surface area contributed by atoms with Gasteiger partial charge < -0.3 is 10.2 Å². The van der Waals surface area contributed by atoms with Crippen molar-refractivity contribution < 1.29 is 29.4 Å². The first-order valence-corrected chi connectivity index (χ1v) is 5.11. The van der Waals surface area contributed by atoms with E-state index in [1.54, 1.807) is 6.92 Å². The first-order valence-electron chi connectivity index (χ1n) is 5.11. The monoisotopic (exact) mass is 246 g/mol. The lowest BCUT2D eigenvalue weighted by Crippen LogP contribution is -2.19. The van der Waals surface area contributed by atoms with Crippen LogP contribution in [0.15, 0.2) is 0 Å². The van der Waals surface area contributed by atoms with Crippen LogP contribution in [0.2, 0.25) is 0 Å².